The van der Waals surface area contributed by atoms with Crippen LogP contribution in [0.1, 0.15) is 4.88 Å². The third kappa shape index (κ3) is 4.73. The van der Waals surface area contributed by atoms with Gasteiger partial charge in [0, 0.05) is 21.2 Å². The standard InChI is InChI=1S/C14H17NOS2.ClH/c1-15(2)10-14-13(7-8-17-14)18-12-6-4-5-11(9-12)16-3;/h4-9H,10H2,1-3H3;1H. The Morgan fingerprint density at radius 2 is 2.05 bits per heavy atom. The fraction of sp³-hybridized carbons (Fsp3) is 0.286. The highest BCUT2D eigenvalue weighted by atomic mass is 35.5. The second-order valence-corrected chi connectivity index (χ2v) is 6.34. The second kappa shape index (κ2) is 7.80. The van der Waals surface area contributed by atoms with Gasteiger partial charge in [0.25, 0.3) is 0 Å². The van der Waals surface area contributed by atoms with Crippen LogP contribution in [-0.2, 0) is 6.54 Å². The average molecular weight is 316 g/mol. The first kappa shape index (κ1) is 16.4. The Hall–Kier alpha value is -0.680. The van der Waals surface area contributed by atoms with Gasteiger partial charge in [0.15, 0.2) is 0 Å². The van der Waals surface area contributed by atoms with E-state index < -0.39 is 0 Å². The van der Waals surface area contributed by atoms with Crippen LogP contribution in [0.4, 0.5) is 0 Å². The number of thiophene rings is 1. The van der Waals surface area contributed by atoms with Crippen molar-refractivity contribution >= 4 is 35.5 Å². The lowest BCUT2D eigenvalue weighted by Gasteiger charge is -2.10. The van der Waals surface area contributed by atoms with Crippen molar-refractivity contribution in [2.45, 2.75) is 16.3 Å². The van der Waals surface area contributed by atoms with Gasteiger partial charge in [-0.25, -0.2) is 0 Å². The van der Waals surface area contributed by atoms with Gasteiger partial charge in [-0.2, -0.15) is 0 Å². The van der Waals surface area contributed by atoms with Crippen LogP contribution in [-0.4, -0.2) is 26.1 Å². The summed E-state index contributed by atoms with van der Waals surface area (Å²) in [4.78, 5) is 6.16. The van der Waals surface area contributed by atoms with E-state index >= 15 is 0 Å². The van der Waals surface area contributed by atoms with Gasteiger partial charge in [-0.1, -0.05) is 17.8 Å². The fourth-order valence-electron chi connectivity index (χ4n) is 1.61. The van der Waals surface area contributed by atoms with E-state index in [0.717, 1.165) is 12.3 Å². The molecule has 5 heteroatoms. The maximum atomic E-state index is 5.25. The minimum absolute atomic E-state index is 0. The third-order valence-electron chi connectivity index (χ3n) is 2.43. The minimum Gasteiger partial charge on any atom is -0.497 e. The van der Waals surface area contributed by atoms with Crippen LogP contribution < -0.4 is 4.74 Å². The molecule has 0 atom stereocenters. The molecule has 0 amide bonds. The molecule has 0 unspecified atom stereocenters. The summed E-state index contributed by atoms with van der Waals surface area (Å²) in [5, 5.41) is 2.15. The minimum atomic E-state index is 0. The van der Waals surface area contributed by atoms with Gasteiger partial charge in [0.1, 0.15) is 5.75 Å². The molecule has 0 fully saturated rings. The molecule has 0 saturated heterocycles. The van der Waals surface area contributed by atoms with Gasteiger partial charge in [0.2, 0.25) is 0 Å². The van der Waals surface area contributed by atoms with Crippen LogP contribution in [0.2, 0.25) is 0 Å². The molecule has 2 aromatic rings. The Bertz CT molecular complexity index is 514. The first-order valence-electron chi connectivity index (χ1n) is 5.72. The topological polar surface area (TPSA) is 12.5 Å². The van der Waals surface area contributed by atoms with E-state index in [2.05, 4.69) is 42.6 Å². The SMILES string of the molecule is COc1cccc(Sc2ccsc2CN(C)C)c1.Cl. The van der Waals surface area contributed by atoms with E-state index in [4.69, 9.17) is 4.74 Å². The van der Waals surface area contributed by atoms with Crippen LogP contribution in [0, 0.1) is 0 Å². The Kier molecular flexibility index (Phi) is 6.72. The number of halogens is 1. The normalized spacial score (nSPS) is 10.3. The predicted octanol–water partition coefficient (Wildman–Crippen LogP) is 4.39. The highest BCUT2D eigenvalue weighted by Gasteiger charge is 2.07. The summed E-state index contributed by atoms with van der Waals surface area (Å²) in [5.74, 6) is 0.907. The smallest absolute Gasteiger partial charge is 0.119 e. The molecule has 0 bridgehead atoms. The molecular formula is C14H18ClNOS2. The van der Waals surface area contributed by atoms with Gasteiger partial charge >= 0.3 is 0 Å². The number of nitrogens with zero attached hydrogens (tertiary/aromatic N) is 1. The van der Waals surface area contributed by atoms with Crippen molar-refractivity contribution in [1.29, 1.82) is 0 Å². The summed E-state index contributed by atoms with van der Waals surface area (Å²) in [6.07, 6.45) is 0. The third-order valence-corrected chi connectivity index (χ3v) is 4.56. The van der Waals surface area contributed by atoms with Crippen LogP contribution in [0.5, 0.6) is 5.75 Å². The summed E-state index contributed by atoms with van der Waals surface area (Å²) in [6, 6.07) is 10.4. The lowest BCUT2D eigenvalue weighted by Crippen LogP contribution is -2.09. The number of methoxy groups -OCH3 is 1. The molecular weight excluding hydrogens is 298 g/mol. The van der Waals surface area contributed by atoms with E-state index in [-0.39, 0.29) is 12.4 Å². The van der Waals surface area contributed by atoms with Crippen molar-refractivity contribution in [2.24, 2.45) is 0 Å². The number of benzene rings is 1. The van der Waals surface area contributed by atoms with Gasteiger partial charge in [-0.05, 0) is 43.7 Å². The molecule has 0 spiro atoms. The lowest BCUT2D eigenvalue weighted by molar-refractivity contribution is 0.403. The van der Waals surface area contributed by atoms with Gasteiger partial charge in [0.05, 0.1) is 7.11 Å². The number of hydrogen-bond donors (Lipinski definition) is 0. The van der Waals surface area contributed by atoms with Gasteiger partial charge < -0.3 is 9.64 Å². The maximum absolute atomic E-state index is 5.25. The monoisotopic (exact) mass is 315 g/mol. The largest absolute Gasteiger partial charge is 0.497 e. The van der Waals surface area contributed by atoms with E-state index in [1.807, 2.05) is 23.5 Å². The maximum Gasteiger partial charge on any atom is 0.119 e. The Morgan fingerprint density at radius 1 is 1.26 bits per heavy atom. The first-order chi connectivity index (χ1) is 8.69. The Balaban J connectivity index is 0.00000180. The van der Waals surface area contributed by atoms with Crippen molar-refractivity contribution in [3.8, 4) is 5.75 Å². The van der Waals surface area contributed by atoms with E-state index in [1.165, 1.54) is 14.7 Å². The average Bonchev–Trinajstić information content (AvgIpc) is 2.76. The van der Waals surface area contributed by atoms with E-state index in [9.17, 15) is 0 Å². The fourth-order valence-corrected chi connectivity index (χ4v) is 3.74. The molecule has 0 aliphatic heterocycles. The second-order valence-electron chi connectivity index (χ2n) is 4.23. The molecule has 1 aromatic heterocycles. The summed E-state index contributed by atoms with van der Waals surface area (Å²) < 4.78 is 5.25. The summed E-state index contributed by atoms with van der Waals surface area (Å²) in [7, 11) is 5.89. The predicted molar refractivity (Wildman–Crippen MR) is 86.1 cm³/mol. The van der Waals surface area contributed by atoms with Crippen LogP contribution in [0.25, 0.3) is 0 Å². The molecule has 19 heavy (non-hydrogen) atoms. The molecule has 0 saturated carbocycles. The quantitative estimate of drug-likeness (QED) is 0.812. The highest BCUT2D eigenvalue weighted by Crippen LogP contribution is 2.35. The molecule has 2 nitrogen and oxygen atoms in total. The summed E-state index contributed by atoms with van der Waals surface area (Å²) >= 11 is 3.61. The Morgan fingerprint density at radius 3 is 2.74 bits per heavy atom. The van der Waals surface area contributed by atoms with Gasteiger partial charge in [-0.3, -0.25) is 0 Å². The summed E-state index contributed by atoms with van der Waals surface area (Å²) in [6.45, 7) is 0.990. The number of hydrogen-bond acceptors (Lipinski definition) is 4. The molecule has 0 radical (unpaired) electrons. The molecule has 104 valence electrons. The van der Waals surface area contributed by atoms with E-state index in [1.54, 1.807) is 18.9 Å². The zero-order valence-electron chi connectivity index (χ0n) is 11.3. The molecule has 0 aliphatic carbocycles. The molecule has 2 rings (SSSR count). The van der Waals surface area contributed by atoms with Crippen molar-refractivity contribution in [1.82, 2.24) is 4.90 Å². The van der Waals surface area contributed by atoms with Crippen molar-refractivity contribution in [2.75, 3.05) is 21.2 Å². The zero-order chi connectivity index (χ0) is 13.0. The zero-order valence-corrected chi connectivity index (χ0v) is 13.7. The Labute approximate surface area is 129 Å². The number of ether oxygens (including phenoxy) is 1. The van der Waals surface area contributed by atoms with Crippen LogP contribution in [0.3, 0.4) is 0 Å². The van der Waals surface area contributed by atoms with E-state index in [0.29, 0.717) is 0 Å². The van der Waals surface area contributed by atoms with Crippen molar-refractivity contribution < 1.29 is 4.74 Å². The number of rotatable bonds is 5. The van der Waals surface area contributed by atoms with Crippen molar-refractivity contribution in [3.63, 3.8) is 0 Å². The van der Waals surface area contributed by atoms with Crippen LogP contribution in [0.15, 0.2) is 45.5 Å². The highest BCUT2D eigenvalue weighted by molar-refractivity contribution is 7.99. The van der Waals surface area contributed by atoms with Crippen molar-refractivity contribution in [3.05, 3.63) is 40.6 Å². The molecule has 0 aliphatic rings. The van der Waals surface area contributed by atoms with Gasteiger partial charge in [-0.15, -0.1) is 23.7 Å². The lowest BCUT2D eigenvalue weighted by atomic mass is 10.3. The molecule has 1 aromatic carbocycles. The van der Waals surface area contributed by atoms with Crippen LogP contribution >= 0.6 is 35.5 Å². The molecule has 1 heterocycles. The first-order valence-corrected chi connectivity index (χ1v) is 7.41. The molecule has 0 N–H and O–H groups in total. The summed E-state index contributed by atoms with van der Waals surface area (Å²) in [5.41, 5.74) is 0.